The first-order valence-electron chi connectivity index (χ1n) is 4.46. The number of para-hydroxylation sites is 2. The molecule has 1 rings (SSSR count). The number of benzene rings is 1. The Morgan fingerprint density at radius 2 is 2.00 bits per heavy atom. The van der Waals surface area contributed by atoms with Crippen LogP contribution >= 0.6 is 0 Å². The summed E-state index contributed by atoms with van der Waals surface area (Å²) in [5, 5.41) is 3.28. The molecule has 0 saturated heterocycles. The van der Waals surface area contributed by atoms with Crippen LogP contribution in [0.1, 0.15) is 0 Å². The van der Waals surface area contributed by atoms with Gasteiger partial charge < -0.3 is 16.0 Å². The third kappa shape index (κ3) is 2.63. The summed E-state index contributed by atoms with van der Waals surface area (Å²) in [5.74, 6) is 0. The molecule has 0 unspecified atom stereocenters. The van der Waals surface area contributed by atoms with E-state index in [9.17, 15) is 0 Å². The van der Waals surface area contributed by atoms with E-state index in [1.807, 2.05) is 26.2 Å². The Labute approximate surface area is 79.5 Å². The smallest absolute Gasteiger partial charge is 0.0596 e. The third-order valence-corrected chi connectivity index (χ3v) is 1.85. The molecule has 0 aliphatic rings. The van der Waals surface area contributed by atoms with Crippen LogP contribution in [-0.2, 0) is 0 Å². The lowest BCUT2D eigenvalue weighted by atomic mass is 10.2. The standard InChI is InChI=1S/C10H17N3/c1-13(2)10-6-4-3-5-9(10)12-8-7-11/h3-6,12H,7-8,11H2,1-2H3. The van der Waals surface area contributed by atoms with Crippen molar-refractivity contribution in [3.63, 3.8) is 0 Å². The first kappa shape index (κ1) is 9.86. The fourth-order valence-corrected chi connectivity index (χ4v) is 1.22. The van der Waals surface area contributed by atoms with E-state index < -0.39 is 0 Å². The van der Waals surface area contributed by atoms with Crippen LogP contribution in [0.5, 0.6) is 0 Å². The summed E-state index contributed by atoms with van der Waals surface area (Å²) in [6, 6.07) is 8.19. The lowest BCUT2D eigenvalue weighted by Crippen LogP contribution is -2.16. The number of anilines is 2. The average Bonchev–Trinajstić information content (AvgIpc) is 2.15. The van der Waals surface area contributed by atoms with Crippen molar-refractivity contribution >= 4 is 11.4 Å². The zero-order chi connectivity index (χ0) is 9.68. The number of nitrogens with two attached hydrogens (primary N) is 1. The zero-order valence-electron chi connectivity index (χ0n) is 8.25. The van der Waals surface area contributed by atoms with Crippen LogP contribution in [0, 0.1) is 0 Å². The maximum Gasteiger partial charge on any atom is 0.0596 e. The lowest BCUT2D eigenvalue weighted by molar-refractivity contribution is 1.02. The number of nitrogens with one attached hydrogen (secondary N) is 1. The van der Waals surface area contributed by atoms with Crippen molar-refractivity contribution < 1.29 is 0 Å². The quantitative estimate of drug-likeness (QED) is 0.728. The number of hydrogen-bond donors (Lipinski definition) is 2. The van der Waals surface area contributed by atoms with Gasteiger partial charge in [-0.3, -0.25) is 0 Å². The van der Waals surface area contributed by atoms with E-state index in [1.165, 1.54) is 5.69 Å². The minimum atomic E-state index is 0.655. The summed E-state index contributed by atoms with van der Waals surface area (Å²) in [6.45, 7) is 1.46. The third-order valence-electron chi connectivity index (χ3n) is 1.85. The summed E-state index contributed by atoms with van der Waals surface area (Å²) in [7, 11) is 4.06. The van der Waals surface area contributed by atoms with Gasteiger partial charge in [-0.1, -0.05) is 12.1 Å². The molecule has 13 heavy (non-hydrogen) atoms. The van der Waals surface area contributed by atoms with E-state index in [4.69, 9.17) is 5.73 Å². The van der Waals surface area contributed by atoms with Crippen LogP contribution in [-0.4, -0.2) is 27.2 Å². The predicted octanol–water partition coefficient (Wildman–Crippen LogP) is 1.12. The van der Waals surface area contributed by atoms with E-state index in [0.29, 0.717) is 6.54 Å². The normalized spacial score (nSPS) is 9.77. The van der Waals surface area contributed by atoms with Gasteiger partial charge in [0, 0.05) is 27.2 Å². The molecule has 0 spiro atoms. The highest BCUT2D eigenvalue weighted by atomic mass is 15.1. The molecule has 0 fully saturated rings. The largest absolute Gasteiger partial charge is 0.382 e. The molecule has 1 aromatic carbocycles. The van der Waals surface area contributed by atoms with Crippen LogP contribution in [0.4, 0.5) is 11.4 Å². The van der Waals surface area contributed by atoms with E-state index >= 15 is 0 Å². The maximum absolute atomic E-state index is 5.43. The molecule has 3 heteroatoms. The minimum absolute atomic E-state index is 0.655. The number of nitrogens with zero attached hydrogens (tertiary/aromatic N) is 1. The van der Waals surface area contributed by atoms with Crippen LogP contribution < -0.4 is 16.0 Å². The molecular weight excluding hydrogens is 162 g/mol. The fourth-order valence-electron chi connectivity index (χ4n) is 1.22. The van der Waals surface area contributed by atoms with Gasteiger partial charge in [-0.05, 0) is 12.1 Å². The molecule has 0 heterocycles. The van der Waals surface area contributed by atoms with Crippen molar-refractivity contribution in [3.8, 4) is 0 Å². The molecule has 0 atom stereocenters. The van der Waals surface area contributed by atoms with E-state index in [2.05, 4.69) is 22.3 Å². The van der Waals surface area contributed by atoms with Gasteiger partial charge in [0.2, 0.25) is 0 Å². The van der Waals surface area contributed by atoms with Crippen LogP contribution in [0.3, 0.4) is 0 Å². The Hall–Kier alpha value is -1.22. The fraction of sp³-hybridized carbons (Fsp3) is 0.400. The van der Waals surface area contributed by atoms with E-state index in [0.717, 1.165) is 12.2 Å². The SMILES string of the molecule is CN(C)c1ccccc1NCCN. The second-order valence-electron chi connectivity index (χ2n) is 3.13. The van der Waals surface area contributed by atoms with Gasteiger partial charge in [0.25, 0.3) is 0 Å². The molecule has 0 bridgehead atoms. The van der Waals surface area contributed by atoms with Gasteiger partial charge >= 0.3 is 0 Å². The lowest BCUT2D eigenvalue weighted by Gasteiger charge is -2.17. The monoisotopic (exact) mass is 179 g/mol. The Balaban J connectivity index is 2.78. The van der Waals surface area contributed by atoms with Crippen molar-refractivity contribution in [1.82, 2.24) is 0 Å². The van der Waals surface area contributed by atoms with E-state index in [-0.39, 0.29) is 0 Å². The second kappa shape index (κ2) is 4.72. The van der Waals surface area contributed by atoms with Crippen molar-refractivity contribution in [3.05, 3.63) is 24.3 Å². The van der Waals surface area contributed by atoms with Crippen molar-refractivity contribution in [2.24, 2.45) is 5.73 Å². The van der Waals surface area contributed by atoms with E-state index in [1.54, 1.807) is 0 Å². The Morgan fingerprint density at radius 1 is 1.31 bits per heavy atom. The highest BCUT2D eigenvalue weighted by Gasteiger charge is 2.00. The minimum Gasteiger partial charge on any atom is -0.382 e. The Morgan fingerprint density at radius 3 is 2.62 bits per heavy atom. The molecule has 0 radical (unpaired) electrons. The molecule has 0 amide bonds. The summed E-state index contributed by atoms with van der Waals surface area (Å²) in [4.78, 5) is 2.08. The highest BCUT2D eigenvalue weighted by Crippen LogP contribution is 2.22. The first-order valence-corrected chi connectivity index (χ1v) is 4.46. The van der Waals surface area contributed by atoms with Gasteiger partial charge in [-0.25, -0.2) is 0 Å². The molecular formula is C10H17N3. The van der Waals surface area contributed by atoms with Crippen LogP contribution in [0.25, 0.3) is 0 Å². The van der Waals surface area contributed by atoms with Gasteiger partial charge in [-0.15, -0.1) is 0 Å². The highest BCUT2D eigenvalue weighted by molar-refractivity contribution is 5.69. The number of hydrogen-bond acceptors (Lipinski definition) is 3. The molecule has 0 saturated carbocycles. The van der Waals surface area contributed by atoms with Crippen LogP contribution in [0.15, 0.2) is 24.3 Å². The first-order chi connectivity index (χ1) is 6.25. The summed E-state index contributed by atoms with van der Waals surface area (Å²) < 4.78 is 0. The topological polar surface area (TPSA) is 41.3 Å². The van der Waals surface area contributed by atoms with Gasteiger partial charge in [0.05, 0.1) is 11.4 Å². The van der Waals surface area contributed by atoms with Crippen molar-refractivity contribution in [2.75, 3.05) is 37.4 Å². The van der Waals surface area contributed by atoms with Gasteiger partial charge in [-0.2, -0.15) is 0 Å². The summed E-state index contributed by atoms with van der Waals surface area (Å²) in [6.07, 6.45) is 0. The molecule has 0 aliphatic carbocycles. The maximum atomic E-state index is 5.43. The average molecular weight is 179 g/mol. The number of rotatable bonds is 4. The molecule has 72 valence electrons. The van der Waals surface area contributed by atoms with Crippen LogP contribution in [0.2, 0.25) is 0 Å². The zero-order valence-corrected chi connectivity index (χ0v) is 8.25. The Kier molecular flexibility index (Phi) is 3.58. The second-order valence-corrected chi connectivity index (χ2v) is 3.13. The van der Waals surface area contributed by atoms with Gasteiger partial charge in [0.1, 0.15) is 0 Å². The van der Waals surface area contributed by atoms with Crippen molar-refractivity contribution in [2.45, 2.75) is 0 Å². The van der Waals surface area contributed by atoms with Gasteiger partial charge in [0.15, 0.2) is 0 Å². The molecule has 3 N–H and O–H groups in total. The molecule has 3 nitrogen and oxygen atoms in total. The van der Waals surface area contributed by atoms with Crippen molar-refractivity contribution in [1.29, 1.82) is 0 Å². The summed E-state index contributed by atoms with van der Waals surface area (Å²) in [5.41, 5.74) is 7.75. The predicted molar refractivity (Wildman–Crippen MR) is 58.3 cm³/mol. The summed E-state index contributed by atoms with van der Waals surface area (Å²) >= 11 is 0. The Bertz CT molecular complexity index is 258. The molecule has 1 aromatic rings. The molecule has 0 aliphatic heterocycles. The molecule has 0 aromatic heterocycles.